The average Bonchev–Trinajstić information content (AvgIpc) is 2.82. The number of hydrogen-bond acceptors (Lipinski definition) is 3. The van der Waals surface area contributed by atoms with E-state index >= 15 is 0 Å². The van der Waals surface area contributed by atoms with Gasteiger partial charge < -0.3 is 5.32 Å². The highest BCUT2D eigenvalue weighted by Gasteiger charge is 2.10. The molecule has 2 heterocycles. The Hall–Kier alpha value is -2.24. The van der Waals surface area contributed by atoms with Crippen molar-refractivity contribution in [1.82, 2.24) is 20.1 Å². The number of rotatable bonds is 4. The van der Waals surface area contributed by atoms with Crippen LogP contribution >= 0.6 is 0 Å². The topological polar surface area (TPSA) is 59.8 Å². The predicted molar refractivity (Wildman–Crippen MR) is 58.8 cm³/mol. The minimum atomic E-state index is -0.760. The highest BCUT2D eigenvalue weighted by Crippen LogP contribution is 2.02. The Morgan fingerprint density at radius 2 is 2.29 bits per heavy atom. The zero-order valence-electron chi connectivity index (χ0n) is 9.01. The van der Waals surface area contributed by atoms with Gasteiger partial charge in [-0.3, -0.25) is 9.48 Å². The monoisotopic (exact) mass is 234 g/mol. The Morgan fingerprint density at radius 3 is 3.00 bits per heavy atom. The summed E-state index contributed by atoms with van der Waals surface area (Å²) in [5.74, 6) is -1.23. The third kappa shape index (κ3) is 2.87. The van der Waals surface area contributed by atoms with Gasteiger partial charge in [0, 0.05) is 25.1 Å². The standard InChI is InChI=1S/C11H11FN4O/c12-10-9(3-1-4-13-10)11(17)14-6-8-16-7-2-5-15-16/h1-5,7H,6,8H2,(H,14,17). The summed E-state index contributed by atoms with van der Waals surface area (Å²) in [6.07, 6.45) is 4.75. The van der Waals surface area contributed by atoms with Crippen molar-refractivity contribution < 1.29 is 9.18 Å². The Morgan fingerprint density at radius 1 is 1.41 bits per heavy atom. The molecule has 17 heavy (non-hydrogen) atoms. The molecule has 5 nitrogen and oxygen atoms in total. The molecule has 0 bridgehead atoms. The Balaban J connectivity index is 1.88. The van der Waals surface area contributed by atoms with E-state index in [1.54, 1.807) is 23.1 Å². The average molecular weight is 234 g/mol. The van der Waals surface area contributed by atoms with Gasteiger partial charge in [-0.1, -0.05) is 0 Å². The molecule has 1 amide bonds. The van der Waals surface area contributed by atoms with Crippen molar-refractivity contribution in [2.24, 2.45) is 0 Å². The number of halogens is 1. The van der Waals surface area contributed by atoms with Gasteiger partial charge in [0.2, 0.25) is 5.95 Å². The summed E-state index contributed by atoms with van der Waals surface area (Å²) < 4.78 is 14.8. The lowest BCUT2D eigenvalue weighted by atomic mass is 10.2. The molecule has 2 aromatic rings. The fourth-order valence-electron chi connectivity index (χ4n) is 1.37. The molecule has 88 valence electrons. The number of amides is 1. The molecular weight excluding hydrogens is 223 g/mol. The van der Waals surface area contributed by atoms with Crippen molar-refractivity contribution in [3.63, 3.8) is 0 Å². The minimum absolute atomic E-state index is 0.0482. The van der Waals surface area contributed by atoms with E-state index in [2.05, 4.69) is 15.4 Å². The van der Waals surface area contributed by atoms with E-state index in [0.717, 1.165) is 0 Å². The van der Waals surface area contributed by atoms with Crippen molar-refractivity contribution in [2.75, 3.05) is 6.54 Å². The molecule has 0 unspecified atom stereocenters. The molecule has 1 N–H and O–H groups in total. The molecule has 6 heteroatoms. The number of aromatic nitrogens is 3. The smallest absolute Gasteiger partial charge is 0.255 e. The van der Waals surface area contributed by atoms with E-state index in [1.165, 1.54) is 18.3 Å². The van der Waals surface area contributed by atoms with Crippen LogP contribution in [0.1, 0.15) is 10.4 Å². The predicted octanol–water partition coefficient (Wildman–Crippen LogP) is 0.847. The molecule has 0 aliphatic heterocycles. The van der Waals surface area contributed by atoms with Gasteiger partial charge in [0.15, 0.2) is 0 Å². The van der Waals surface area contributed by atoms with Crippen LogP contribution in [0.5, 0.6) is 0 Å². The van der Waals surface area contributed by atoms with E-state index < -0.39 is 11.9 Å². The van der Waals surface area contributed by atoms with Crippen LogP contribution in [-0.4, -0.2) is 27.2 Å². The first-order chi connectivity index (χ1) is 8.27. The van der Waals surface area contributed by atoms with Crippen molar-refractivity contribution in [3.05, 3.63) is 48.3 Å². The van der Waals surface area contributed by atoms with Crippen LogP contribution < -0.4 is 5.32 Å². The lowest BCUT2D eigenvalue weighted by Gasteiger charge is -2.05. The molecule has 2 aromatic heterocycles. The fraction of sp³-hybridized carbons (Fsp3) is 0.182. The number of carbonyl (C=O) groups excluding carboxylic acids is 1. The maximum absolute atomic E-state index is 13.2. The Bertz CT molecular complexity index is 498. The summed E-state index contributed by atoms with van der Waals surface area (Å²) in [6, 6.07) is 4.71. The normalized spacial score (nSPS) is 10.2. The van der Waals surface area contributed by atoms with Crippen molar-refractivity contribution >= 4 is 5.91 Å². The van der Waals surface area contributed by atoms with Gasteiger partial charge in [-0.15, -0.1) is 0 Å². The van der Waals surface area contributed by atoms with Crippen LogP contribution in [-0.2, 0) is 6.54 Å². The van der Waals surface area contributed by atoms with E-state index in [1.807, 2.05) is 0 Å². The second-order valence-electron chi connectivity index (χ2n) is 3.37. The number of pyridine rings is 1. The zero-order valence-corrected chi connectivity index (χ0v) is 9.01. The number of nitrogens with one attached hydrogen (secondary N) is 1. The Labute approximate surface area is 97.3 Å². The summed E-state index contributed by atoms with van der Waals surface area (Å²) in [4.78, 5) is 15.0. The fourth-order valence-corrected chi connectivity index (χ4v) is 1.37. The lowest BCUT2D eigenvalue weighted by molar-refractivity contribution is 0.0947. The van der Waals surface area contributed by atoms with Gasteiger partial charge >= 0.3 is 0 Å². The molecule has 0 fully saturated rings. The third-order valence-corrected chi connectivity index (χ3v) is 2.19. The highest BCUT2D eigenvalue weighted by atomic mass is 19.1. The minimum Gasteiger partial charge on any atom is -0.350 e. The molecule has 0 aliphatic rings. The summed E-state index contributed by atoms with van der Waals surface area (Å²) in [7, 11) is 0. The third-order valence-electron chi connectivity index (χ3n) is 2.19. The lowest BCUT2D eigenvalue weighted by Crippen LogP contribution is -2.28. The highest BCUT2D eigenvalue weighted by molar-refractivity contribution is 5.94. The molecule has 0 aliphatic carbocycles. The molecular formula is C11H11FN4O. The first-order valence-electron chi connectivity index (χ1n) is 5.13. The summed E-state index contributed by atoms with van der Waals surface area (Å²) in [5.41, 5.74) is -0.0482. The largest absolute Gasteiger partial charge is 0.350 e. The van der Waals surface area contributed by atoms with E-state index in [9.17, 15) is 9.18 Å². The maximum atomic E-state index is 13.2. The molecule has 0 atom stereocenters. The molecule has 0 spiro atoms. The van der Waals surface area contributed by atoms with Gasteiger partial charge in [0.25, 0.3) is 5.91 Å². The first-order valence-corrected chi connectivity index (χ1v) is 5.13. The van der Waals surface area contributed by atoms with Gasteiger partial charge in [-0.2, -0.15) is 9.49 Å². The molecule has 2 rings (SSSR count). The van der Waals surface area contributed by atoms with Gasteiger partial charge in [-0.05, 0) is 18.2 Å². The van der Waals surface area contributed by atoms with Gasteiger partial charge in [0.05, 0.1) is 12.1 Å². The molecule has 0 aromatic carbocycles. The van der Waals surface area contributed by atoms with Crippen LogP contribution in [0.4, 0.5) is 4.39 Å². The van der Waals surface area contributed by atoms with Crippen molar-refractivity contribution in [2.45, 2.75) is 6.54 Å². The second kappa shape index (κ2) is 5.20. The quantitative estimate of drug-likeness (QED) is 0.798. The number of carbonyl (C=O) groups is 1. The molecule has 0 saturated carbocycles. The second-order valence-corrected chi connectivity index (χ2v) is 3.37. The first kappa shape index (κ1) is 11.3. The van der Waals surface area contributed by atoms with Crippen LogP contribution in [0.3, 0.4) is 0 Å². The van der Waals surface area contributed by atoms with Crippen LogP contribution in [0.2, 0.25) is 0 Å². The van der Waals surface area contributed by atoms with Crippen molar-refractivity contribution in [3.8, 4) is 0 Å². The summed E-state index contributed by atoms with van der Waals surface area (Å²) in [6.45, 7) is 0.926. The van der Waals surface area contributed by atoms with Crippen LogP contribution in [0.15, 0.2) is 36.8 Å². The van der Waals surface area contributed by atoms with E-state index in [0.29, 0.717) is 13.1 Å². The molecule has 0 saturated heterocycles. The van der Waals surface area contributed by atoms with Crippen molar-refractivity contribution in [1.29, 1.82) is 0 Å². The number of nitrogens with zero attached hydrogens (tertiary/aromatic N) is 3. The zero-order chi connectivity index (χ0) is 12.1. The summed E-state index contributed by atoms with van der Waals surface area (Å²) in [5, 5.41) is 6.58. The number of hydrogen-bond donors (Lipinski definition) is 1. The van der Waals surface area contributed by atoms with Gasteiger partial charge in [-0.25, -0.2) is 4.98 Å². The Kier molecular flexibility index (Phi) is 3.44. The molecule has 0 radical (unpaired) electrons. The summed E-state index contributed by atoms with van der Waals surface area (Å²) >= 11 is 0. The van der Waals surface area contributed by atoms with Crippen LogP contribution in [0.25, 0.3) is 0 Å². The van der Waals surface area contributed by atoms with Gasteiger partial charge in [0.1, 0.15) is 0 Å². The SMILES string of the molecule is O=C(NCCn1cccn1)c1cccnc1F. The van der Waals surface area contributed by atoms with E-state index in [-0.39, 0.29) is 5.56 Å². The van der Waals surface area contributed by atoms with Crippen LogP contribution in [0, 0.1) is 5.95 Å². The van der Waals surface area contributed by atoms with E-state index in [4.69, 9.17) is 0 Å². The maximum Gasteiger partial charge on any atom is 0.255 e.